The minimum Gasteiger partial charge on any atom is -0.380 e. The largest absolute Gasteiger partial charge is 0.380 e. The van der Waals surface area contributed by atoms with Crippen LogP contribution in [0.15, 0.2) is 0 Å². The Morgan fingerprint density at radius 1 is 1.29 bits per heavy atom. The van der Waals surface area contributed by atoms with Gasteiger partial charge in [0.05, 0.1) is 6.61 Å². The van der Waals surface area contributed by atoms with E-state index < -0.39 is 0 Å². The summed E-state index contributed by atoms with van der Waals surface area (Å²) in [4.78, 5) is 2.45. The lowest BCUT2D eigenvalue weighted by Crippen LogP contribution is -2.41. The molecule has 0 radical (unpaired) electrons. The van der Waals surface area contributed by atoms with Crippen LogP contribution in [0.25, 0.3) is 0 Å². The highest BCUT2D eigenvalue weighted by Gasteiger charge is 2.21. The highest BCUT2D eigenvalue weighted by atomic mass is 16.5. The van der Waals surface area contributed by atoms with Crippen molar-refractivity contribution < 1.29 is 4.74 Å². The number of likely N-dealkylation sites (N-methyl/N-ethyl adjacent to an activating group) is 1. The normalized spacial score (nSPS) is 34.4. The first-order chi connectivity index (χ1) is 8.25. The molecule has 2 rings (SSSR count). The summed E-state index contributed by atoms with van der Waals surface area (Å²) in [5.41, 5.74) is 0. The van der Waals surface area contributed by atoms with Gasteiger partial charge in [-0.15, -0.1) is 0 Å². The van der Waals surface area contributed by atoms with Crippen LogP contribution in [0.5, 0.6) is 0 Å². The molecule has 0 spiro atoms. The van der Waals surface area contributed by atoms with Gasteiger partial charge in [-0.3, -0.25) is 4.90 Å². The van der Waals surface area contributed by atoms with E-state index in [4.69, 9.17) is 4.74 Å². The van der Waals surface area contributed by atoms with Gasteiger partial charge in [0.2, 0.25) is 0 Å². The monoisotopic (exact) mass is 240 g/mol. The lowest BCUT2D eigenvalue weighted by Gasteiger charge is -2.29. The van der Waals surface area contributed by atoms with Gasteiger partial charge in [-0.05, 0) is 32.2 Å². The molecule has 2 fully saturated rings. The van der Waals surface area contributed by atoms with Gasteiger partial charge in [0, 0.05) is 31.8 Å². The number of hydrogen-bond acceptors (Lipinski definition) is 3. The number of rotatable bonds is 5. The average Bonchev–Trinajstić information content (AvgIpc) is 2.82. The molecule has 0 aromatic rings. The third kappa shape index (κ3) is 4.23. The molecule has 0 amide bonds. The van der Waals surface area contributed by atoms with Crippen LogP contribution >= 0.6 is 0 Å². The van der Waals surface area contributed by atoms with Crippen molar-refractivity contribution >= 4 is 0 Å². The van der Waals surface area contributed by atoms with Crippen LogP contribution < -0.4 is 5.32 Å². The predicted molar refractivity (Wildman–Crippen MR) is 71.3 cm³/mol. The van der Waals surface area contributed by atoms with Crippen LogP contribution in [-0.2, 0) is 4.74 Å². The van der Waals surface area contributed by atoms with Gasteiger partial charge < -0.3 is 10.1 Å². The average molecular weight is 240 g/mol. The fraction of sp³-hybridized carbons (Fsp3) is 1.00. The topological polar surface area (TPSA) is 24.5 Å². The van der Waals surface area contributed by atoms with Crippen molar-refractivity contribution in [2.45, 2.75) is 51.1 Å². The van der Waals surface area contributed by atoms with Crippen molar-refractivity contribution in [2.75, 3.05) is 33.4 Å². The molecule has 17 heavy (non-hydrogen) atoms. The summed E-state index contributed by atoms with van der Waals surface area (Å²) < 4.78 is 5.43. The van der Waals surface area contributed by atoms with E-state index in [9.17, 15) is 0 Å². The van der Waals surface area contributed by atoms with Gasteiger partial charge in [0.1, 0.15) is 0 Å². The summed E-state index contributed by atoms with van der Waals surface area (Å²) in [5, 5.41) is 3.72. The van der Waals surface area contributed by atoms with Crippen LogP contribution in [0.3, 0.4) is 0 Å². The van der Waals surface area contributed by atoms with Crippen molar-refractivity contribution in [1.82, 2.24) is 10.2 Å². The van der Waals surface area contributed by atoms with Crippen molar-refractivity contribution in [3.63, 3.8) is 0 Å². The molecule has 0 aromatic heterocycles. The smallest absolute Gasteiger partial charge is 0.0622 e. The Labute approximate surface area is 106 Å². The first-order valence-corrected chi connectivity index (χ1v) is 7.27. The first kappa shape index (κ1) is 13.3. The molecule has 0 aromatic carbocycles. The fourth-order valence-electron chi connectivity index (χ4n) is 3.12. The van der Waals surface area contributed by atoms with E-state index in [0.717, 1.165) is 38.3 Å². The quantitative estimate of drug-likeness (QED) is 0.794. The lowest BCUT2D eigenvalue weighted by molar-refractivity contribution is 0.158. The SMILES string of the molecule is CC1CCCC(NCCN(C)C2CCOC2)C1. The molecule has 2 aliphatic rings. The molecule has 0 bridgehead atoms. The summed E-state index contributed by atoms with van der Waals surface area (Å²) in [6, 6.07) is 1.43. The minimum atomic E-state index is 0.655. The van der Waals surface area contributed by atoms with Gasteiger partial charge in [0.25, 0.3) is 0 Å². The fourth-order valence-corrected chi connectivity index (χ4v) is 3.12. The molecule has 1 saturated heterocycles. The molecule has 100 valence electrons. The highest BCUT2D eigenvalue weighted by molar-refractivity contribution is 4.77. The Morgan fingerprint density at radius 3 is 2.88 bits per heavy atom. The Bertz CT molecular complexity index is 214. The standard InChI is InChI=1S/C14H28N2O/c1-12-4-3-5-13(10-12)15-7-8-16(2)14-6-9-17-11-14/h12-15H,3-11H2,1-2H3. The zero-order chi connectivity index (χ0) is 12.1. The molecule has 3 unspecified atom stereocenters. The van der Waals surface area contributed by atoms with Crippen molar-refractivity contribution in [1.29, 1.82) is 0 Å². The summed E-state index contributed by atoms with van der Waals surface area (Å²) in [7, 11) is 2.23. The number of nitrogens with one attached hydrogen (secondary N) is 1. The van der Waals surface area contributed by atoms with Crippen molar-refractivity contribution in [3.05, 3.63) is 0 Å². The zero-order valence-electron chi connectivity index (χ0n) is 11.5. The maximum Gasteiger partial charge on any atom is 0.0622 e. The number of ether oxygens (including phenoxy) is 1. The van der Waals surface area contributed by atoms with Crippen molar-refractivity contribution in [2.24, 2.45) is 5.92 Å². The maximum absolute atomic E-state index is 5.43. The second-order valence-corrected chi connectivity index (χ2v) is 5.92. The van der Waals surface area contributed by atoms with Crippen LogP contribution in [0.1, 0.15) is 39.0 Å². The molecule has 1 heterocycles. The Kier molecular flexibility index (Phi) is 5.26. The lowest BCUT2D eigenvalue weighted by atomic mass is 9.87. The maximum atomic E-state index is 5.43. The van der Waals surface area contributed by atoms with Gasteiger partial charge in [-0.1, -0.05) is 19.8 Å². The van der Waals surface area contributed by atoms with Crippen LogP contribution in [-0.4, -0.2) is 50.3 Å². The van der Waals surface area contributed by atoms with E-state index in [0.29, 0.717) is 6.04 Å². The predicted octanol–water partition coefficient (Wildman–Crippen LogP) is 1.88. The molecular formula is C14H28N2O. The molecule has 3 heteroatoms. The second kappa shape index (κ2) is 6.72. The van der Waals surface area contributed by atoms with Gasteiger partial charge in [-0.25, -0.2) is 0 Å². The van der Waals surface area contributed by atoms with Crippen LogP contribution in [0, 0.1) is 5.92 Å². The third-order valence-electron chi connectivity index (χ3n) is 4.36. The second-order valence-electron chi connectivity index (χ2n) is 5.92. The highest BCUT2D eigenvalue weighted by Crippen LogP contribution is 2.23. The molecule has 3 atom stereocenters. The number of hydrogen-bond donors (Lipinski definition) is 1. The molecule has 1 aliphatic carbocycles. The first-order valence-electron chi connectivity index (χ1n) is 7.27. The van der Waals surface area contributed by atoms with E-state index in [1.807, 2.05) is 0 Å². The molecule has 1 aliphatic heterocycles. The Balaban J connectivity index is 1.58. The van der Waals surface area contributed by atoms with Gasteiger partial charge in [-0.2, -0.15) is 0 Å². The summed E-state index contributed by atoms with van der Waals surface area (Å²) in [6.45, 7) is 6.54. The van der Waals surface area contributed by atoms with Gasteiger partial charge >= 0.3 is 0 Å². The van der Waals surface area contributed by atoms with Gasteiger partial charge in [0.15, 0.2) is 0 Å². The number of nitrogens with zero attached hydrogens (tertiary/aromatic N) is 1. The molecular weight excluding hydrogens is 212 g/mol. The summed E-state index contributed by atoms with van der Waals surface area (Å²) >= 11 is 0. The Morgan fingerprint density at radius 2 is 2.18 bits per heavy atom. The van der Waals surface area contributed by atoms with E-state index >= 15 is 0 Å². The zero-order valence-corrected chi connectivity index (χ0v) is 11.5. The summed E-state index contributed by atoms with van der Waals surface area (Å²) in [6.07, 6.45) is 6.79. The molecule has 1 saturated carbocycles. The van der Waals surface area contributed by atoms with Crippen LogP contribution in [0.4, 0.5) is 0 Å². The van der Waals surface area contributed by atoms with E-state index in [1.165, 1.54) is 32.1 Å². The third-order valence-corrected chi connectivity index (χ3v) is 4.36. The van der Waals surface area contributed by atoms with E-state index in [-0.39, 0.29) is 0 Å². The molecule has 1 N–H and O–H groups in total. The van der Waals surface area contributed by atoms with Crippen LogP contribution in [0.2, 0.25) is 0 Å². The molecule has 3 nitrogen and oxygen atoms in total. The van der Waals surface area contributed by atoms with Crippen molar-refractivity contribution in [3.8, 4) is 0 Å². The van der Waals surface area contributed by atoms with E-state index in [2.05, 4.69) is 24.2 Å². The summed E-state index contributed by atoms with van der Waals surface area (Å²) in [5.74, 6) is 0.919. The minimum absolute atomic E-state index is 0.655. The van der Waals surface area contributed by atoms with E-state index in [1.54, 1.807) is 0 Å². The Hall–Kier alpha value is -0.120.